The predicted octanol–water partition coefficient (Wildman–Crippen LogP) is 0.166. The summed E-state index contributed by atoms with van der Waals surface area (Å²) in [4.78, 5) is 11.2. The van der Waals surface area contributed by atoms with E-state index < -0.39 is 0 Å². The molecule has 5 nitrogen and oxygen atoms in total. The fourth-order valence-electron chi connectivity index (χ4n) is 1.24. The molecule has 66 valence electrons. The van der Waals surface area contributed by atoms with Crippen LogP contribution in [0.5, 0.6) is 0 Å². The lowest BCUT2D eigenvalue weighted by Gasteiger charge is -1.99. The highest BCUT2D eigenvalue weighted by Gasteiger charge is 2.08. The molecule has 2 aromatic rings. The molecule has 0 spiro atoms. The maximum absolute atomic E-state index is 11.2. The fraction of sp³-hybridized carbons (Fsp3) is 0. The number of amides is 1. The number of carbonyl (C=O) groups excluding carboxylic acids is 1. The molecule has 0 aliphatic heterocycles. The first kappa shape index (κ1) is 7.75. The van der Waals surface area contributed by atoms with Gasteiger partial charge in [0.2, 0.25) is 0 Å². The second kappa shape index (κ2) is 2.87. The van der Waals surface area contributed by atoms with E-state index in [0.29, 0.717) is 5.56 Å². The maximum Gasteiger partial charge on any atom is 0.265 e. The summed E-state index contributed by atoms with van der Waals surface area (Å²) in [7, 11) is 0. The Labute approximate surface area is 73.9 Å². The number of rotatable bonds is 1. The Morgan fingerprint density at radius 3 is 3.15 bits per heavy atom. The summed E-state index contributed by atoms with van der Waals surface area (Å²) in [6, 6.07) is 5.31. The van der Waals surface area contributed by atoms with Gasteiger partial charge in [-0.05, 0) is 12.1 Å². The van der Waals surface area contributed by atoms with Crippen molar-refractivity contribution in [3.05, 3.63) is 30.0 Å². The van der Waals surface area contributed by atoms with Gasteiger partial charge in [-0.25, -0.2) is 5.84 Å². The molecule has 5 heteroatoms. The van der Waals surface area contributed by atoms with Gasteiger partial charge in [-0.2, -0.15) is 5.10 Å². The number of aromatic nitrogens is 2. The molecule has 0 saturated carbocycles. The zero-order valence-electron chi connectivity index (χ0n) is 6.74. The highest BCUT2D eigenvalue weighted by atomic mass is 16.2. The van der Waals surface area contributed by atoms with Gasteiger partial charge in [0.25, 0.3) is 5.91 Å². The molecule has 0 aliphatic rings. The number of benzene rings is 1. The van der Waals surface area contributed by atoms with Gasteiger partial charge >= 0.3 is 0 Å². The van der Waals surface area contributed by atoms with E-state index in [9.17, 15) is 4.79 Å². The second-order valence-corrected chi connectivity index (χ2v) is 2.61. The van der Waals surface area contributed by atoms with Gasteiger partial charge < -0.3 is 0 Å². The minimum atomic E-state index is -0.313. The van der Waals surface area contributed by atoms with Crippen LogP contribution in [0, 0.1) is 0 Å². The zero-order valence-corrected chi connectivity index (χ0v) is 6.74. The summed E-state index contributed by atoms with van der Waals surface area (Å²) in [5.41, 5.74) is 3.43. The molecular weight excluding hydrogens is 168 g/mol. The van der Waals surface area contributed by atoms with E-state index >= 15 is 0 Å². The second-order valence-electron chi connectivity index (χ2n) is 2.61. The SMILES string of the molecule is NNC(=O)c1cccc2[nH]ncc12. The van der Waals surface area contributed by atoms with Crippen molar-refractivity contribution in [2.75, 3.05) is 0 Å². The van der Waals surface area contributed by atoms with E-state index in [1.165, 1.54) is 0 Å². The number of hydrogen-bond acceptors (Lipinski definition) is 3. The number of hydrazine groups is 1. The van der Waals surface area contributed by atoms with Crippen LogP contribution >= 0.6 is 0 Å². The Morgan fingerprint density at radius 1 is 1.54 bits per heavy atom. The summed E-state index contributed by atoms with van der Waals surface area (Å²) < 4.78 is 0. The first-order valence-electron chi connectivity index (χ1n) is 3.76. The minimum Gasteiger partial charge on any atom is -0.290 e. The van der Waals surface area contributed by atoms with E-state index in [1.54, 1.807) is 18.3 Å². The molecule has 0 atom stereocenters. The molecule has 1 aromatic carbocycles. The van der Waals surface area contributed by atoms with Crippen LogP contribution in [0.3, 0.4) is 0 Å². The van der Waals surface area contributed by atoms with E-state index in [4.69, 9.17) is 5.84 Å². The number of carbonyl (C=O) groups is 1. The minimum absolute atomic E-state index is 0.313. The Bertz CT molecular complexity index is 448. The lowest BCUT2D eigenvalue weighted by Crippen LogP contribution is -2.30. The van der Waals surface area contributed by atoms with Crippen molar-refractivity contribution in [2.24, 2.45) is 5.84 Å². The van der Waals surface area contributed by atoms with E-state index in [2.05, 4.69) is 15.6 Å². The van der Waals surface area contributed by atoms with Crippen molar-refractivity contribution in [3.8, 4) is 0 Å². The average Bonchev–Trinajstić information content (AvgIpc) is 2.63. The van der Waals surface area contributed by atoms with Crippen molar-refractivity contribution in [1.29, 1.82) is 0 Å². The van der Waals surface area contributed by atoms with Gasteiger partial charge in [0.15, 0.2) is 0 Å². The third-order valence-electron chi connectivity index (χ3n) is 1.86. The number of fused-ring (bicyclic) bond motifs is 1. The lowest BCUT2D eigenvalue weighted by atomic mass is 10.1. The Morgan fingerprint density at radius 2 is 2.38 bits per heavy atom. The van der Waals surface area contributed by atoms with E-state index in [0.717, 1.165) is 10.9 Å². The van der Waals surface area contributed by atoms with Gasteiger partial charge in [0, 0.05) is 5.39 Å². The summed E-state index contributed by atoms with van der Waals surface area (Å²) in [6.07, 6.45) is 1.60. The number of nitrogens with two attached hydrogens (primary N) is 1. The van der Waals surface area contributed by atoms with E-state index in [-0.39, 0.29) is 5.91 Å². The van der Waals surface area contributed by atoms with Crippen LogP contribution in [-0.4, -0.2) is 16.1 Å². The molecule has 0 bridgehead atoms. The number of hydrogen-bond donors (Lipinski definition) is 3. The molecule has 0 radical (unpaired) electrons. The quantitative estimate of drug-likeness (QED) is 0.329. The van der Waals surface area contributed by atoms with Crippen molar-refractivity contribution < 1.29 is 4.79 Å². The van der Waals surface area contributed by atoms with Crippen molar-refractivity contribution in [1.82, 2.24) is 15.6 Å². The summed E-state index contributed by atoms with van der Waals surface area (Å²) >= 11 is 0. The molecule has 0 aliphatic carbocycles. The average molecular weight is 176 g/mol. The predicted molar refractivity (Wildman–Crippen MR) is 47.7 cm³/mol. The van der Waals surface area contributed by atoms with Crippen molar-refractivity contribution >= 4 is 16.8 Å². The van der Waals surface area contributed by atoms with Crippen LogP contribution < -0.4 is 11.3 Å². The van der Waals surface area contributed by atoms with Crippen LogP contribution in [0.15, 0.2) is 24.4 Å². The Balaban J connectivity index is 2.67. The van der Waals surface area contributed by atoms with Crippen molar-refractivity contribution in [2.45, 2.75) is 0 Å². The van der Waals surface area contributed by atoms with Gasteiger partial charge in [-0.15, -0.1) is 0 Å². The number of H-pyrrole nitrogens is 1. The molecule has 1 heterocycles. The molecule has 1 amide bonds. The van der Waals surface area contributed by atoms with Crippen molar-refractivity contribution in [3.63, 3.8) is 0 Å². The lowest BCUT2D eigenvalue weighted by molar-refractivity contribution is 0.0955. The van der Waals surface area contributed by atoms with Gasteiger partial charge in [-0.3, -0.25) is 15.3 Å². The highest BCUT2D eigenvalue weighted by Crippen LogP contribution is 2.15. The Hall–Kier alpha value is -1.88. The molecule has 2 rings (SSSR count). The third kappa shape index (κ3) is 1.15. The van der Waals surface area contributed by atoms with Gasteiger partial charge in [-0.1, -0.05) is 6.07 Å². The number of nitrogen functional groups attached to an aromatic ring is 1. The van der Waals surface area contributed by atoms with E-state index in [1.807, 2.05) is 6.07 Å². The molecule has 0 saturated heterocycles. The van der Waals surface area contributed by atoms with Crippen LogP contribution in [0.4, 0.5) is 0 Å². The summed E-state index contributed by atoms with van der Waals surface area (Å²) in [6.45, 7) is 0. The molecule has 4 N–H and O–H groups in total. The van der Waals surface area contributed by atoms with Gasteiger partial charge in [0.1, 0.15) is 0 Å². The molecule has 0 fully saturated rings. The number of aromatic amines is 1. The smallest absolute Gasteiger partial charge is 0.265 e. The maximum atomic E-state index is 11.2. The van der Waals surface area contributed by atoms with Crippen LogP contribution in [-0.2, 0) is 0 Å². The molecular formula is C8H8N4O. The van der Waals surface area contributed by atoms with Crippen LogP contribution in [0.25, 0.3) is 10.9 Å². The van der Waals surface area contributed by atoms with Gasteiger partial charge in [0.05, 0.1) is 17.3 Å². The molecule has 13 heavy (non-hydrogen) atoms. The summed E-state index contributed by atoms with van der Waals surface area (Å²) in [5.74, 6) is 4.72. The molecule has 0 unspecified atom stereocenters. The monoisotopic (exact) mass is 176 g/mol. The first-order chi connectivity index (χ1) is 6.33. The number of nitrogens with one attached hydrogen (secondary N) is 2. The standard InChI is InChI=1S/C8H8N4O/c9-11-8(13)5-2-1-3-7-6(5)4-10-12-7/h1-4H,9H2,(H,10,12)(H,11,13). The normalized spacial score (nSPS) is 10.2. The largest absolute Gasteiger partial charge is 0.290 e. The van der Waals surface area contributed by atoms with Crippen LogP contribution in [0.1, 0.15) is 10.4 Å². The van der Waals surface area contributed by atoms with Crippen LogP contribution in [0.2, 0.25) is 0 Å². The zero-order chi connectivity index (χ0) is 9.26. The number of nitrogens with zero attached hydrogens (tertiary/aromatic N) is 1. The Kier molecular flexibility index (Phi) is 1.71. The molecule has 1 aromatic heterocycles. The third-order valence-corrected chi connectivity index (χ3v) is 1.86. The fourth-order valence-corrected chi connectivity index (χ4v) is 1.24. The topological polar surface area (TPSA) is 83.8 Å². The first-order valence-corrected chi connectivity index (χ1v) is 3.76. The highest BCUT2D eigenvalue weighted by molar-refractivity contribution is 6.05. The summed E-state index contributed by atoms with van der Waals surface area (Å²) in [5, 5.41) is 7.37.